The Labute approximate surface area is 69.3 Å². The van der Waals surface area contributed by atoms with Crippen molar-refractivity contribution in [3.8, 4) is 0 Å². The molecule has 1 aromatic rings. The summed E-state index contributed by atoms with van der Waals surface area (Å²) >= 11 is 0. The molecular weight excluding hydrogens is 160 g/mol. The lowest BCUT2D eigenvalue weighted by Gasteiger charge is -2.07. The number of amides is 1. The predicted molar refractivity (Wildman–Crippen MR) is 41.5 cm³/mol. The van der Waals surface area contributed by atoms with Crippen LogP contribution in [0.4, 0.5) is 5.95 Å². The molecule has 0 fully saturated rings. The zero-order valence-corrected chi connectivity index (χ0v) is 6.87. The van der Waals surface area contributed by atoms with Crippen LogP contribution in [0, 0.1) is 0 Å². The van der Waals surface area contributed by atoms with E-state index in [0.717, 1.165) is 0 Å². The monoisotopic (exact) mass is 170 g/mol. The minimum atomic E-state index is -0.491. The van der Waals surface area contributed by atoms with Crippen molar-refractivity contribution in [2.45, 2.75) is 13.0 Å². The first-order valence-electron chi connectivity index (χ1n) is 3.43. The Morgan fingerprint density at radius 1 is 1.83 bits per heavy atom. The van der Waals surface area contributed by atoms with Crippen molar-refractivity contribution in [1.29, 1.82) is 0 Å². The van der Waals surface area contributed by atoms with E-state index in [-0.39, 0.29) is 5.91 Å². The third-order valence-corrected chi connectivity index (χ3v) is 1.38. The number of rotatable bonds is 3. The standard InChI is InChI=1S/C6H10N4O2/c1-4(12-2)5(11)9-6-7-3-8-10-6/h3-4H,1-2H3,(H2,7,8,9,10,11). The molecule has 1 rings (SSSR count). The molecule has 1 atom stereocenters. The zero-order chi connectivity index (χ0) is 8.97. The Kier molecular flexibility index (Phi) is 2.76. The van der Waals surface area contributed by atoms with Gasteiger partial charge in [0.15, 0.2) is 0 Å². The molecule has 12 heavy (non-hydrogen) atoms. The molecule has 0 aliphatic heterocycles. The normalized spacial score (nSPS) is 12.5. The van der Waals surface area contributed by atoms with E-state index in [1.807, 2.05) is 0 Å². The molecule has 0 spiro atoms. The highest BCUT2D eigenvalue weighted by Crippen LogP contribution is 1.96. The fourth-order valence-corrected chi connectivity index (χ4v) is 0.591. The van der Waals surface area contributed by atoms with Gasteiger partial charge in [0, 0.05) is 7.11 Å². The first-order chi connectivity index (χ1) is 5.74. The fourth-order valence-electron chi connectivity index (χ4n) is 0.591. The summed E-state index contributed by atoms with van der Waals surface area (Å²) in [6.45, 7) is 1.64. The van der Waals surface area contributed by atoms with Gasteiger partial charge in [0.05, 0.1) is 0 Å². The van der Waals surface area contributed by atoms with Gasteiger partial charge in [-0.3, -0.25) is 10.1 Å². The van der Waals surface area contributed by atoms with Crippen LogP contribution in [-0.2, 0) is 9.53 Å². The Bertz CT molecular complexity index is 246. The number of nitrogens with zero attached hydrogens (tertiary/aromatic N) is 2. The number of ether oxygens (including phenoxy) is 1. The van der Waals surface area contributed by atoms with E-state index in [4.69, 9.17) is 4.74 Å². The first kappa shape index (κ1) is 8.66. The molecule has 0 bridgehead atoms. The van der Waals surface area contributed by atoms with Crippen LogP contribution in [0.5, 0.6) is 0 Å². The largest absolute Gasteiger partial charge is 0.372 e. The topological polar surface area (TPSA) is 79.9 Å². The van der Waals surface area contributed by atoms with Crippen molar-refractivity contribution >= 4 is 11.9 Å². The molecule has 0 radical (unpaired) electrons. The number of hydrogen-bond acceptors (Lipinski definition) is 4. The average molecular weight is 170 g/mol. The molecule has 2 N–H and O–H groups in total. The van der Waals surface area contributed by atoms with Crippen molar-refractivity contribution in [2.24, 2.45) is 0 Å². The number of anilines is 1. The number of carbonyl (C=O) groups is 1. The minimum Gasteiger partial charge on any atom is -0.372 e. The Morgan fingerprint density at radius 3 is 3.08 bits per heavy atom. The van der Waals surface area contributed by atoms with E-state index in [1.165, 1.54) is 13.4 Å². The van der Waals surface area contributed by atoms with Crippen LogP contribution in [-0.4, -0.2) is 34.3 Å². The summed E-state index contributed by atoms with van der Waals surface area (Å²) in [5, 5.41) is 8.55. The van der Waals surface area contributed by atoms with Gasteiger partial charge in [0.1, 0.15) is 12.4 Å². The van der Waals surface area contributed by atoms with Gasteiger partial charge < -0.3 is 4.74 Å². The third kappa shape index (κ3) is 2.03. The van der Waals surface area contributed by atoms with Crippen molar-refractivity contribution < 1.29 is 9.53 Å². The molecule has 66 valence electrons. The molecule has 6 heteroatoms. The summed E-state index contributed by atoms with van der Waals surface area (Å²) in [6.07, 6.45) is 0.822. The highest BCUT2D eigenvalue weighted by molar-refractivity contribution is 5.92. The number of aromatic nitrogens is 3. The summed E-state index contributed by atoms with van der Waals surface area (Å²) < 4.78 is 4.79. The van der Waals surface area contributed by atoms with Crippen molar-refractivity contribution in [3.63, 3.8) is 0 Å². The predicted octanol–water partition coefficient (Wildman–Crippen LogP) is -0.222. The van der Waals surface area contributed by atoms with Crippen LogP contribution in [0.2, 0.25) is 0 Å². The van der Waals surface area contributed by atoms with Gasteiger partial charge in [-0.15, -0.1) is 0 Å². The molecule has 1 aromatic heterocycles. The van der Waals surface area contributed by atoms with Gasteiger partial charge in [0.25, 0.3) is 5.91 Å². The van der Waals surface area contributed by atoms with Crippen molar-refractivity contribution in [1.82, 2.24) is 15.2 Å². The summed E-state index contributed by atoms with van der Waals surface area (Å²) in [7, 11) is 1.46. The molecule has 6 nitrogen and oxygen atoms in total. The van der Waals surface area contributed by atoms with Crippen LogP contribution >= 0.6 is 0 Å². The van der Waals surface area contributed by atoms with Crippen molar-refractivity contribution in [3.05, 3.63) is 6.33 Å². The lowest BCUT2D eigenvalue weighted by atomic mass is 10.4. The molecule has 0 saturated heterocycles. The molecule has 1 unspecified atom stereocenters. The van der Waals surface area contributed by atoms with Gasteiger partial charge >= 0.3 is 0 Å². The van der Waals surface area contributed by atoms with Crippen LogP contribution in [0.15, 0.2) is 6.33 Å². The van der Waals surface area contributed by atoms with Gasteiger partial charge in [-0.25, -0.2) is 5.10 Å². The van der Waals surface area contributed by atoms with E-state index < -0.39 is 6.10 Å². The fraction of sp³-hybridized carbons (Fsp3) is 0.500. The second kappa shape index (κ2) is 3.82. The van der Waals surface area contributed by atoms with E-state index in [1.54, 1.807) is 6.92 Å². The van der Waals surface area contributed by atoms with E-state index in [9.17, 15) is 4.79 Å². The molecule has 0 saturated carbocycles. The second-order valence-electron chi connectivity index (χ2n) is 2.20. The number of hydrogen-bond donors (Lipinski definition) is 2. The van der Waals surface area contributed by atoms with Gasteiger partial charge in [-0.2, -0.15) is 10.1 Å². The highest BCUT2D eigenvalue weighted by Gasteiger charge is 2.11. The molecule has 1 amide bonds. The average Bonchev–Trinajstić information content (AvgIpc) is 2.55. The number of nitrogens with one attached hydrogen (secondary N) is 2. The van der Waals surface area contributed by atoms with E-state index in [2.05, 4.69) is 20.5 Å². The maximum Gasteiger partial charge on any atom is 0.255 e. The first-order valence-corrected chi connectivity index (χ1v) is 3.43. The number of methoxy groups -OCH3 is 1. The lowest BCUT2D eigenvalue weighted by molar-refractivity contribution is -0.124. The van der Waals surface area contributed by atoms with Crippen LogP contribution < -0.4 is 5.32 Å². The Morgan fingerprint density at radius 2 is 2.58 bits per heavy atom. The highest BCUT2D eigenvalue weighted by atomic mass is 16.5. The number of H-pyrrole nitrogens is 1. The van der Waals surface area contributed by atoms with Crippen molar-refractivity contribution in [2.75, 3.05) is 12.4 Å². The van der Waals surface area contributed by atoms with E-state index >= 15 is 0 Å². The van der Waals surface area contributed by atoms with Gasteiger partial charge in [-0.1, -0.05) is 0 Å². The lowest BCUT2D eigenvalue weighted by Crippen LogP contribution is -2.26. The van der Waals surface area contributed by atoms with Crippen LogP contribution in [0.1, 0.15) is 6.92 Å². The minimum absolute atomic E-state index is 0.255. The van der Waals surface area contributed by atoms with E-state index in [0.29, 0.717) is 5.95 Å². The molecular formula is C6H10N4O2. The summed E-state index contributed by atoms with van der Waals surface area (Å²) in [6, 6.07) is 0. The smallest absolute Gasteiger partial charge is 0.255 e. The van der Waals surface area contributed by atoms with Gasteiger partial charge in [-0.05, 0) is 6.92 Å². The Balaban J connectivity index is 2.47. The molecule has 0 aromatic carbocycles. The third-order valence-electron chi connectivity index (χ3n) is 1.38. The van der Waals surface area contributed by atoms with Crippen LogP contribution in [0.25, 0.3) is 0 Å². The summed E-state index contributed by atoms with van der Waals surface area (Å²) in [5.41, 5.74) is 0. The van der Waals surface area contributed by atoms with Crippen LogP contribution in [0.3, 0.4) is 0 Å². The summed E-state index contributed by atoms with van der Waals surface area (Å²) in [5.74, 6) is 0.0677. The number of aromatic amines is 1. The second-order valence-corrected chi connectivity index (χ2v) is 2.20. The van der Waals surface area contributed by atoms with Gasteiger partial charge in [0.2, 0.25) is 5.95 Å². The maximum absolute atomic E-state index is 11.1. The zero-order valence-electron chi connectivity index (χ0n) is 6.87. The molecule has 1 heterocycles. The number of carbonyl (C=O) groups excluding carboxylic acids is 1. The quantitative estimate of drug-likeness (QED) is 0.657. The summed E-state index contributed by atoms with van der Waals surface area (Å²) in [4.78, 5) is 14.8. The molecule has 0 aliphatic rings. The Hall–Kier alpha value is -1.43. The SMILES string of the molecule is COC(C)C(=O)Nc1ncn[nH]1. The maximum atomic E-state index is 11.1. The molecule has 0 aliphatic carbocycles.